The van der Waals surface area contributed by atoms with Gasteiger partial charge in [-0.15, -0.1) is 0 Å². The fourth-order valence-electron chi connectivity index (χ4n) is 2.70. The summed E-state index contributed by atoms with van der Waals surface area (Å²) >= 11 is 0. The van der Waals surface area contributed by atoms with Crippen molar-refractivity contribution in [1.29, 1.82) is 0 Å². The van der Waals surface area contributed by atoms with Gasteiger partial charge < -0.3 is 10.3 Å². The second kappa shape index (κ2) is 6.32. The van der Waals surface area contributed by atoms with E-state index >= 15 is 0 Å². The Bertz CT molecular complexity index is 364. The van der Waals surface area contributed by atoms with Crippen LogP contribution in [0.5, 0.6) is 0 Å². The molecule has 1 heterocycles. The van der Waals surface area contributed by atoms with E-state index in [1.54, 1.807) is 0 Å². The summed E-state index contributed by atoms with van der Waals surface area (Å²) in [6, 6.07) is 0. The predicted molar refractivity (Wildman–Crippen MR) is 71.2 cm³/mol. The first-order chi connectivity index (χ1) is 8.72. The van der Waals surface area contributed by atoms with E-state index in [1.807, 2.05) is 0 Å². The fourth-order valence-corrected chi connectivity index (χ4v) is 2.70. The molecule has 102 valence electrons. The van der Waals surface area contributed by atoms with Crippen LogP contribution in [0.2, 0.25) is 0 Å². The molecule has 0 spiro atoms. The number of hydrogen-bond donors (Lipinski definition) is 1. The largest absolute Gasteiger partial charge is 0.339 e. The van der Waals surface area contributed by atoms with Crippen LogP contribution in [-0.2, 0) is 6.42 Å². The van der Waals surface area contributed by atoms with Gasteiger partial charge in [-0.05, 0) is 44.1 Å². The van der Waals surface area contributed by atoms with Gasteiger partial charge in [0.25, 0.3) is 0 Å². The molecule has 4 heteroatoms. The molecule has 0 aromatic carbocycles. The highest BCUT2D eigenvalue weighted by atomic mass is 16.5. The normalized spacial score (nSPS) is 25.5. The van der Waals surface area contributed by atoms with E-state index in [2.05, 4.69) is 24.0 Å². The van der Waals surface area contributed by atoms with E-state index in [-0.39, 0.29) is 0 Å². The first-order valence-corrected chi connectivity index (χ1v) is 7.25. The van der Waals surface area contributed by atoms with Gasteiger partial charge in [-0.25, -0.2) is 0 Å². The molecule has 1 aromatic rings. The molecule has 1 saturated carbocycles. The maximum absolute atomic E-state index is 5.60. The Morgan fingerprint density at radius 3 is 2.94 bits per heavy atom. The van der Waals surface area contributed by atoms with Crippen LogP contribution < -0.4 is 5.73 Å². The number of aromatic nitrogens is 2. The lowest BCUT2D eigenvalue weighted by atomic mass is 10.0. The number of aryl methyl sites for hydroxylation is 1. The molecule has 0 radical (unpaired) electrons. The second-order valence-electron chi connectivity index (χ2n) is 5.71. The zero-order valence-corrected chi connectivity index (χ0v) is 11.6. The molecule has 1 aliphatic rings. The topological polar surface area (TPSA) is 64.9 Å². The molecule has 18 heavy (non-hydrogen) atoms. The van der Waals surface area contributed by atoms with Crippen molar-refractivity contribution in [3.8, 4) is 0 Å². The number of nitrogens with two attached hydrogens (primary N) is 1. The summed E-state index contributed by atoms with van der Waals surface area (Å²) in [6.07, 6.45) is 6.92. The Hall–Kier alpha value is -0.900. The smallest absolute Gasteiger partial charge is 0.226 e. The van der Waals surface area contributed by atoms with Crippen molar-refractivity contribution in [2.24, 2.45) is 17.6 Å². The molecule has 1 aliphatic carbocycles. The van der Waals surface area contributed by atoms with Crippen molar-refractivity contribution in [2.75, 3.05) is 6.54 Å². The van der Waals surface area contributed by atoms with E-state index in [9.17, 15) is 0 Å². The van der Waals surface area contributed by atoms with Gasteiger partial charge in [0.05, 0.1) is 0 Å². The summed E-state index contributed by atoms with van der Waals surface area (Å²) in [7, 11) is 0. The first-order valence-electron chi connectivity index (χ1n) is 7.25. The van der Waals surface area contributed by atoms with Gasteiger partial charge in [-0.2, -0.15) is 4.98 Å². The van der Waals surface area contributed by atoms with Gasteiger partial charge in [0, 0.05) is 12.3 Å². The Balaban J connectivity index is 1.86. The quantitative estimate of drug-likeness (QED) is 0.844. The van der Waals surface area contributed by atoms with Crippen LogP contribution in [0.4, 0.5) is 0 Å². The Morgan fingerprint density at radius 2 is 2.28 bits per heavy atom. The summed E-state index contributed by atoms with van der Waals surface area (Å²) in [5, 5.41) is 4.15. The standard InChI is InChI=1S/C14H25N3O/c1-3-11-5-6-12(8-11)14-16-13(18-17-14)7-4-10(2)9-15/h10-12H,3-9,15H2,1-2H3. The summed E-state index contributed by atoms with van der Waals surface area (Å²) in [6.45, 7) is 5.14. The summed E-state index contributed by atoms with van der Waals surface area (Å²) in [5.41, 5.74) is 5.60. The molecule has 0 aliphatic heterocycles. The highest BCUT2D eigenvalue weighted by Crippen LogP contribution is 2.38. The molecule has 2 rings (SSSR count). The fraction of sp³-hybridized carbons (Fsp3) is 0.857. The van der Waals surface area contributed by atoms with E-state index < -0.39 is 0 Å². The van der Waals surface area contributed by atoms with Gasteiger partial charge in [-0.3, -0.25) is 0 Å². The minimum atomic E-state index is 0.524. The Kier molecular flexibility index (Phi) is 4.75. The van der Waals surface area contributed by atoms with Crippen molar-refractivity contribution in [2.45, 2.75) is 58.3 Å². The SMILES string of the molecule is CCC1CCC(c2noc(CCC(C)CN)n2)C1. The zero-order valence-electron chi connectivity index (χ0n) is 11.6. The average molecular weight is 251 g/mol. The third-order valence-electron chi connectivity index (χ3n) is 4.22. The van der Waals surface area contributed by atoms with Crippen LogP contribution in [0.3, 0.4) is 0 Å². The maximum atomic E-state index is 5.60. The maximum Gasteiger partial charge on any atom is 0.226 e. The van der Waals surface area contributed by atoms with Crippen molar-refractivity contribution in [3.05, 3.63) is 11.7 Å². The van der Waals surface area contributed by atoms with Crippen molar-refractivity contribution >= 4 is 0 Å². The molecule has 2 N–H and O–H groups in total. The molecule has 1 fully saturated rings. The molecule has 4 nitrogen and oxygen atoms in total. The summed E-state index contributed by atoms with van der Waals surface area (Å²) in [4.78, 5) is 4.55. The van der Waals surface area contributed by atoms with Crippen LogP contribution in [0, 0.1) is 11.8 Å². The average Bonchev–Trinajstić information content (AvgIpc) is 3.03. The van der Waals surface area contributed by atoms with Gasteiger partial charge in [0.2, 0.25) is 5.89 Å². The third kappa shape index (κ3) is 3.31. The highest BCUT2D eigenvalue weighted by Gasteiger charge is 2.28. The Morgan fingerprint density at radius 1 is 1.44 bits per heavy atom. The van der Waals surface area contributed by atoms with Crippen molar-refractivity contribution in [1.82, 2.24) is 10.1 Å². The lowest BCUT2D eigenvalue weighted by Gasteiger charge is -2.05. The Labute approximate surface area is 109 Å². The van der Waals surface area contributed by atoms with Gasteiger partial charge >= 0.3 is 0 Å². The van der Waals surface area contributed by atoms with Gasteiger partial charge in [0.1, 0.15) is 0 Å². The lowest BCUT2D eigenvalue weighted by molar-refractivity contribution is 0.358. The predicted octanol–water partition coefficient (Wildman–Crippen LogP) is 2.89. The molecular formula is C14H25N3O. The van der Waals surface area contributed by atoms with Crippen LogP contribution in [0.15, 0.2) is 4.52 Å². The summed E-state index contributed by atoms with van der Waals surface area (Å²) < 4.78 is 5.34. The molecule has 0 amide bonds. The van der Waals surface area contributed by atoms with E-state index in [4.69, 9.17) is 10.3 Å². The van der Waals surface area contributed by atoms with E-state index in [0.29, 0.717) is 11.8 Å². The van der Waals surface area contributed by atoms with E-state index in [1.165, 1.54) is 25.7 Å². The molecule has 3 unspecified atom stereocenters. The number of rotatable bonds is 6. The van der Waals surface area contributed by atoms with Gasteiger partial charge in [0.15, 0.2) is 5.82 Å². The monoisotopic (exact) mass is 251 g/mol. The molecule has 0 bridgehead atoms. The minimum absolute atomic E-state index is 0.524. The third-order valence-corrected chi connectivity index (χ3v) is 4.22. The molecular weight excluding hydrogens is 226 g/mol. The first kappa shape index (κ1) is 13.5. The van der Waals surface area contributed by atoms with Gasteiger partial charge in [-0.1, -0.05) is 25.4 Å². The van der Waals surface area contributed by atoms with Crippen LogP contribution in [-0.4, -0.2) is 16.7 Å². The van der Waals surface area contributed by atoms with Crippen LogP contribution in [0.1, 0.15) is 63.6 Å². The van der Waals surface area contributed by atoms with E-state index in [0.717, 1.165) is 37.0 Å². The second-order valence-corrected chi connectivity index (χ2v) is 5.71. The summed E-state index contributed by atoms with van der Waals surface area (Å²) in [5.74, 6) is 3.62. The molecule has 0 saturated heterocycles. The molecule has 1 aromatic heterocycles. The minimum Gasteiger partial charge on any atom is -0.339 e. The number of nitrogens with zero attached hydrogens (tertiary/aromatic N) is 2. The van der Waals surface area contributed by atoms with Crippen molar-refractivity contribution in [3.63, 3.8) is 0 Å². The zero-order chi connectivity index (χ0) is 13.0. The van der Waals surface area contributed by atoms with Crippen LogP contribution in [0.25, 0.3) is 0 Å². The van der Waals surface area contributed by atoms with Crippen molar-refractivity contribution < 1.29 is 4.52 Å². The highest BCUT2D eigenvalue weighted by molar-refractivity contribution is 4.99. The van der Waals surface area contributed by atoms with Crippen LogP contribution >= 0.6 is 0 Å². The lowest BCUT2D eigenvalue weighted by Crippen LogP contribution is -2.11. The number of hydrogen-bond acceptors (Lipinski definition) is 4. The molecule has 3 atom stereocenters.